The number of benzene rings is 2. The van der Waals surface area contributed by atoms with Gasteiger partial charge in [-0.25, -0.2) is 13.1 Å². The maximum atomic E-state index is 12.3. The van der Waals surface area contributed by atoms with E-state index in [1.807, 2.05) is 0 Å². The zero-order valence-electron chi connectivity index (χ0n) is 18.2. The maximum absolute atomic E-state index is 12.3. The van der Waals surface area contributed by atoms with Crippen molar-refractivity contribution in [2.45, 2.75) is 17.9 Å². The molecule has 0 aliphatic rings. The van der Waals surface area contributed by atoms with Gasteiger partial charge in [0.25, 0.3) is 5.91 Å². The minimum atomic E-state index is -3.65. The number of sulfonamides is 1. The van der Waals surface area contributed by atoms with E-state index in [0.717, 1.165) is 0 Å². The van der Waals surface area contributed by atoms with Crippen molar-refractivity contribution < 1.29 is 32.3 Å². The molecule has 176 valence electrons. The highest BCUT2D eigenvalue weighted by Crippen LogP contribution is 2.17. The van der Waals surface area contributed by atoms with Gasteiger partial charge in [0.1, 0.15) is 6.54 Å². The van der Waals surface area contributed by atoms with Crippen molar-refractivity contribution in [3.8, 4) is 0 Å². The highest BCUT2D eigenvalue weighted by atomic mass is 32.2. The van der Waals surface area contributed by atoms with E-state index in [-0.39, 0.29) is 22.7 Å². The minimum absolute atomic E-state index is 0.0313. The van der Waals surface area contributed by atoms with Crippen molar-refractivity contribution in [3.63, 3.8) is 0 Å². The van der Waals surface area contributed by atoms with Crippen molar-refractivity contribution in [1.82, 2.24) is 15.4 Å². The standard InChI is InChI=1S/C21H24N4O7S/c1-13(15-5-4-6-17(11-15)33(30,31)22-2)24-20(28)21(29)25-16-9-7-14(8-10-16)19(27)23-12-18(26)32-3/h4-11,13,22H,12H2,1-3H3,(H,23,27)(H,24,28)(H,25,29). The number of hydrogen-bond donors (Lipinski definition) is 4. The Morgan fingerprint density at radius 3 is 2.27 bits per heavy atom. The largest absolute Gasteiger partial charge is 0.468 e. The molecule has 0 radical (unpaired) electrons. The fraction of sp³-hybridized carbons (Fsp3) is 0.238. The van der Waals surface area contributed by atoms with E-state index < -0.39 is 39.8 Å². The van der Waals surface area contributed by atoms with Crippen LogP contribution >= 0.6 is 0 Å². The van der Waals surface area contributed by atoms with Crippen LogP contribution in [0.5, 0.6) is 0 Å². The summed E-state index contributed by atoms with van der Waals surface area (Å²) in [6.07, 6.45) is 0. The molecule has 2 aromatic carbocycles. The molecule has 12 heteroatoms. The first-order chi connectivity index (χ1) is 15.6. The molecule has 11 nitrogen and oxygen atoms in total. The Kier molecular flexibility index (Phi) is 8.65. The lowest BCUT2D eigenvalue weighted by atomic mass is 10.1. The Labute approximate surface area is 190 Å². The molecule has 4 N–H and O–H groups in total. The van der Waals surface area contributed by atoms with E-state index in [1.54, 1.807) is 13.0 Å². The van der Waals surface area contributed by atoms with Crippen LogP contribution in [-0.2, 0) is 29.1 Å². The molecule has 2 aromatic rings. The molecule has 0 saturated carbocycles. The molecular weight excluding hydrogens is 452 g/mol. The zero-order chi connectivity index (χ0) is 24.6. The molecule has 1 unspecified atom stereocenters. The van der Waals surface area contributed by atoms with Crippen molar-refractivity contribution in [1.29, 1.82) is 0 Å². The Bertz CT molecular complexity index is 1150. The summed E-state index contributed by atoms with van der Waals surface area (Å²) in [5.74, 6) is -2.97. The van der Waals surface area contributed by atoms with Crippen LogP contribution in [0.15, 0.2) is 53.4 Å². The molecule has 0 aliphatic heterocycles. The summed E-state index contributed by atoms with van der Waals surface area (Å²) in [7, 11) is -1.16. The van der Waals surface area contributed by atoms with Gasteiger partial charge >= 0.3 is 17.8 Å². The first kappa shape index (κ1) is 25.5. The van der Waals surface area contributed by atoms with Crippen molar-refractivity contribution >= 4 is 39.4 Å². The summed E-state index contributed by atoms with van der Waals surface area (Å²) in [6, 6.07) is 11.0. The number of nitrogens with one attached hydrogen (secondary N) is 4. The average Bonchev–Trinajstić information content (AvgIpc) is 2.82. The lowest BCUT2D eigenvalue weighted by Gasteiger charge is -2.15. The fourth-order valence-corrected chi connectivity index (χ4v) is 3.42. The van der Waals surface area contributed by atoms with Gasteiger partial charge < -0.3 is 20.7 Å². The molecule has 0 heterocycles. The van der Waals surface area contributed by atoms with E-state index in [2.05, 4.69) is 25.4 Å². The Morgan fingerprint density at radius 2 is 1.67 bits per heavy atom. The van der Waals surface area contributed by atoms with E-state index in [1.165, 1.54) is 56.6 Å². The van der Waals surface area contributed by atoms with Crippen LogP contribution in [0, 0.1) is 0 Å². The molecule has 0 saturated heterocycles. The van der Waals surface area contributed by atoms with Gasteiger partial charge in [-0.2, -0.15) is 0 Å². The van der Waals surface area contributed by atoms with Crippen molar-refractivity contribution in [2.24, 2.45) is 0 Å². The highest BCUT2D eigenvalue weighted by molar-refractivity contribution is 7.89. The number of rotatable bonds is 8. The van der Waals surface area contributed by atoms with Crippen LogP contribution in [0.3, 0.4) is 0 Å². The lowest BCUT2D eigenvalue weighted by Crippen LogP contribution is -2.37. The molecular formula is C21H24N4O7S. The molecule has 1 atom stereocenters. The average molecular weight is 477 g/mol. The van der Waals surface area contributed by atoms with Crippen LogP contribution in [-0.4, -0.2) is 52.8 Å². The molecule has 0 aliphatic carbocycles. The molecule has 0 fully saturated rings. The third kappa shape index (κ3) is 7.12. The Morgan fingerprint density at radius 1 is 1.00 bits per heavy atom. The highest BCUT2D eigenvalue weighted by Gasteiger charge is 2.19. The number of anilines is 1. The zero-order valence-corrected chi connectivity index (χ0v) is 19.0. The van der Waals surface area contributed by atoms with Crippen LogP contribution < -0.4 is 20.7 Å². The van der Waals surface area contributed by atoms with Gasteiger partial charge in [-0.1, -0.05) is 12.1 Å². The second kappa shape index (κ2) is 11.2. The van der Waals surface area contributed by atoms with Crippen molar-refractivity contribution in [3.05, 3.63) is 59.7 Å². The van der Waals surface area contributed by atoms with E-state index >= 15 is 0 Å². The van der Waals surface area contributed by atoms with Crippen LogP contribution in [0.1, 0.15) is 28.9 Å². The second-order valence-corrected chi connectivity index (χ2v) is 8.65. The topological polar surface area (TPSA) is 160 Å². The fourth-order valence-electron chi connectivity index (χ4n) is 2.63. The minimum Gasteiger partial charge on any atom is -0.468 e. The summed E-state index contributed by atoms with van der Waals surface area (Å²) < 4.78 is 30.5. The predicted molar refractivity (Wildman–Crippen MR) is 119 cm³/mol. The number of methoxy groups -OCH3 is 1. The Balaban J connectivity index is 1.96. The van der Waals surface area contributed by atoms with Gasteiger partial charge in [-0.05, 0) is 55.9 Å². The SMILES string of the molecule is CNS(=O)(=O)c1cccc(C(C)NC(=O)C(=O)Nc2ccc(C(=O)NCC(=O)OC)cc2)c1. The number of carbonyl (C=O) groups excluding carboxylic acids is 4. The number of amides is 3. The summed E-state index contributed by atoms with van der Waals surface area (Å²) in [6.45, 7) is 1.33. The van der Waals surface area contributed by atoms with E-state index in [0.29, 0.717) is 5.56 Å². The summed E-state index contributed by atoms with van der Waals surface area (Å²) in [5, 5.41) is 7.28. The third-order valence-electron chi connectivity index (χ3n) is 4.52. The quantitative estimate of drug-likeness (QED) is 0.315. The molecule has 3 amide bonds. The van der Waals surface area contributed by atoms with Gasteiger partial charge in [0.05, 0.1) is 18.0 Å². The van der Waals surface area contributed by atoms with Gasteiger partial charge in [0.2, 0.25) is 10.0 Å². The lowest BCUT2D eigenvalue weighted by molar-refractivity contribution is -0.139. The third-order valence-corrected chi connectivity index (χ3v) is 5.93. The monoisotopic (exact) mass is 476 g/mol. The van der Waals surface area contributed by atoms with E-state index in [9.17, 15) is 27.6 Å². The summed E-state index contributed by atoms with van der Waals surface area (Å²) in [5.41, 5.74) is 1.01. The number of esters is 1. The molecule has 0 spiro atoms. The van der Waals surface area contributed by atoms with Gasteiger partial charge in [0, 0.05) is 11.3 Å². The van der Waals surface area contributed by atoms with E-state index in [4.69, 9.17) is 0 Å². The Hall–Kier alpha value is -3.77. The summed E-state index contributed by atoms with van der Waals surface area (Å²) >= 11 is 0. The molecule has 0 bridgehead atoms. The smallest absolute Gasteiger partial charge is 0.325 e. The predicted octanol–water partition coefficient (Wildman–Crippen LogP) is 0.313. The van der Waals surface area contributed by atoms with Gasteiger partial charge in [-0.15, -0.1) is 0 Å². The number of ether oxygens (including phenoxy) is 1. The van der Waals surface area contributed by atoms with Gasteiger partial charge in [-0.3, -0.25) is 19.2 Å². The van der Waals surface area contributed by atoms with Gasteiger partial charge in [0.15, 0.2) is 0 Å². The molecule has 2 rings (SSSR count). The number of carbonyl (C=O) groups is 4. The van der Waals surface area contributed by atoms with Crippen LogP contribution in [0.4, 0.5) is 5.69 Å². The van der Waals surface area contributed by atoms with Crippen LogP contribution in [0.25, 0.3) is 0 Å². The molecule has 33 heavy (non-hydrogen) atoms. The first-order valence-electron chi connectivity index (χ1n) is 9.67. The first-order valence-corrected chi connectivity index (χ1v) is 11.2. The molecule has 0 aromatic heterocycles. The normalized spacial score (nSPS) is 11.7. The van der Waals surface area contributed by atoms with Crippen LogP contribution in [0.2, 0.25) is 0 Å². The van der Waals surface area contributed by atoms with Crippen molar-refractivity contribution in [2.75, 3.05) is 26.0 Å². The maximum Gasteiger partial charge on any atom is 0.325 e. The number of hydrogen-bond acceptors (Lipinski definition) is 7. The summed E-state index contributed by atoms with van der Waals surface area (Å²) in [4.78, 5) is 47.5. The second-order valence-electron chi connectivity index (χ2n) is 6.77.